The monoisotopic (exact) mass is 459 g/mol. The van der Waals surface area contributed by atoms with Gasteiger partial charge >= 0.3 is 0 Å². The molecule has 0 atom stereocenters. The van der Waals surface area contributed by atoms with Gasteiger partial charge in [0.1, 0.15) is 11.4 Å². The normalized spacial score (nSPS) is 21.5. The summed E-state index contributed by atoms with van der Waals surface area (Å²) in [6, 6.07) is 7.68. The average molecular weight is 460 g/mol. The van der Waals surface area contributed by atoms with Crippen molar-refractivity contribution in [1.29, 1.82) is 0 Å². The summed E-state index contributed by atoms with van der Waals surface area (Å²) in [4.78, 5) is 38.6. The number of morpholine rings is 1. The topological polar surface area (TPSA) is 87.7 Å². The van der Waals surface area contributed by atoms with Crippen LogP contribution in [0.25, 0.3) is 0 Å². The van der Waals surface area contributed by atoms with Crippen molar-refractivity contribution in [2.24, 2.45) is 11.8 Å². The molecule has 1 saturated carbocycles. The van der Waals surface area contributed by atoms with Gasteiger partial charge in [0.2, 0.25) is 5.91 Å². The van der Waals surface area contributed by atoms with Crippen molar-refractivity contribution in [3.05, 3.63) is 55.3 Å². The Morgan fingerprint density at radius 3 is 2.41 bits per heavy atom. The zero-order chi connectivity index (χ0) is 22.5. The highest BCUT2D eigenvalue weighted by atomic mass is 35.5. The standard InChI is InChI=1S/C24H30ClN3O4/c25-19-7-3-16(4-8-19)9-10-26-24(31)18-5-1-17(2-6-18)15-27-20-21(23(30)22(20)29)28-11-13-32-14-12-28/h3-4,7-8,17-18,27H,1-2,5-6,9-15H2,(H,26,31). The predicted octanol–water partition coefficient (Wildman–Crippen LogP) is 2.35. The molecule has 172 valence electrons. The number of hydrogen-bond acceptors (Lipinski definition) is 6. The summed E-state index contributed by atoms with van der Waals surface area (Å²) in [7, 11) is 0. The van der Waals surface area contributed by atoms with Crippen LogP contribution >= 0.6 is 11.6 Å². The molecular weight excluding hydrogens is 430 g/mol. The van der Waals surface area contributed by atoms with Gasteiger partial charge in [0.25, 0.3) is 10.9 Å². The van der Waals surface area contributed by atoms with E-state index in [1.54, 1.807) is 0 Å². The maximum atomic E-state index is 12.5. The molecule has 8 heteroatoms. The van der Waals surface area contributed by atoms with Gasteiger partial charge in [0, 0.05) is 37.1 Å². The van der Waals surface area contributed by atoms with Crippen LogP contribution in [0.1, 0.15) is 31.2 Å². The second-order valence-corrected chi connectivity index (χ2v) is 9.18. The van der Waals surface area contributed by atoms with Gasteiger partial charge in [-0.1, -0.05) is 23.7 Å². The Hall–Kier alpha value is -2.38. The average Bonchev–Trinajstić information content (AvgIpc) is 2.83. The number of benzene rings is 1. The Labute approximate surface area is 192 Å². The van der Waals surface area contributed by atoms with Gasteiger partial charge in [-0.15, -0.1) is 0 Å². The molecule has 0 bridgehead atoms. The molecule has 0 aromatic heterocycles. The third-order valence-corrected chi connectivity index (χ3v) is 6.88. The largest absolute Gasteiger partial charge is 0.380 e. The maximum Gasteiger partial charge on any atom is 0.253 e. The number of anilines is 2. The fourth-order valence-corrected chi connectivity index (χ4v) is 4.76. The molecule has 2 aliphatic rings. The Kier molecular flexibility index (Phi) is 7.48. The number of nitrogens with one attached hydrogen (secondary N) is 2. The molecule has 1 amide bonds. The van der Waals surface area contributed by atoms with Gasteiger partial charge in [0.15, 0.2) is 0 Å². The number of carbonyl (C=O) groups excluding carboxylic acids is 1. The van der Waals surface area contributed by atoms with Crippen LogP contribution in [0.4, 0.5) is 11.4 Å². The van der Waals surface area contributed by atoms with Gasteiger partial charge in [0.05, 0.1) is 13.2 Å². The lowest BCUT2D eigenvalue weighted by atomic mass is 9.81. The van der Waals surface area contributed by atoms with Crippen LogP contribution in [0.3, 0.4) is 0 Å². The molecular formula is C24H30ClN3O4. The Balaban J connectivity index is 1.19. The molecule has 0 unspecified atom stereocenters. The highest BCUT2D eigenvalue weighted by molar-refractivity contribution is 6.30. The molecule has 2 N–H and O–H groups in total. The van der Waals surface area contributed by atoms with E-state index in [0.29, 0.717) is 61.7 Å². The van der Waals surface area contributed by atoms with E-state index < -0.39 is 10.9 Å². The molecule has 7 nitrogen and oxygen atoms in total. The number of amides is 1. The summed E-state index contributed by atoms with van der Waals surface area (Å²) in [5, 5.41) is 7.01. The molecule has 1 heterocycles. The third-order valence-electron chi connectivity index (χ3n) is 6.62. The van der Waals surface area contributed by atoms with E-state index in [1.165, 1.54) is 0 Å². The summed E-state index contributed by atoms with van der Waals surface area (Å²) >= 11 is 5.90. The van der Waals surface area contributed by atoms with E-state index in [0.717, 1.165) is 37.7 Å². The van der Waals surface area contributed by atoms with Gasteiger partial charge < -0.3 is 20.3 Å². The highest BCUT2D eigenvalue weighted by Crippen LogP contribution is 2.30. The van der Waals surface area contributed by atoms with Crippen LogP contribution in [0.2, 0.25) is 5.02 Å². The molecule has 2 aromatic rings. The van der Waals surface area contributed by atoms with Gasteiger partial charge in [-0.05, 0) is 55.7 Å². The van der Waals surface area contributed by atoms with Crippen molar-refractivity contribution in [1.82, 2.24) is 5.32 Å². The number of halogens is 1. The van der Waals surface area contributed by atoms with E-state index in [1.807, 2.05) is 29.2 Å². The van der Waals surface area contributed by atoms with E-state index in [4.69, 9.17) is 16.3 Å². The summed E-state index contributed by atoms with van der Waals surface area (Å²) in [6.07, 6.45) is 4.35. The van der Waals surface area contributed by atoms with Crippen LogP contribution in [0.15, 0.2) is 33.9 Å². The first-order chi connectivity index (χ1) is 15.5. The van der Waals surface area contributed by atoms with Gasteiger partial charge in [-0.25, -0.2) is 0 Å². The van der Waals surface area contributed by atoms with Crippen LogP contribution < -0.4 is 26.4 Å². The molecule has 0 spiro atoms. The fourth-order valence-electron chi connectivity index (χ4n) is 4.63. The Bertz CT molecular complexity index is 986. The molecule has 2 aromatic carbocycles. The van der Waals surface area contributed by atoms with Crippen molar-refractivity contribution in [3.63, 3.8) is 0 Å². The van der Waals surface area contributed by atoms with E-state index in [-0.39, 0.29) is 11.8 Å². The van der Waals surface area contributed by atoms with Crippen molar-refractivity contribution in [3.8, 4) is 0 Å². The second-order valence-electron chi connectivity index (χ2n) is 8.75. The molecule has 1 aliphatic heterocycles. The zero-order valence-corrected chi connectivity index (χ0v) is 19.0. The lowest BCUT2D eigenvalue weighted by Gasteiger charge is -2.32. The smallest absolute Gasteiger partial charge is 0.253 e. The number of carbonyl (C=O) groups is 1. The third kappa shape index (κ3) is 5.33. The number of rotatable bonds is 8. The van der Waals surface area contributed by atoms with Crippen LogP contribution in [-0.4, -0.2) is 45.3 Å². The van der Waals surface area contributed by atoms with Gasteiger partial charge in [-0.3, -0.25) is 14.4 Å². The lowest BCUT2D eigenvalue weighted by molar-refractivity contribution is -0.126. The minimum atomic E-state index is -0.416. The van der Waals surface area contributed by atoms with Crippen LogP contribution in [0, 0.1) is 11.8 Å². The fraction of sp³-hybridized carbons (Fsp3) is 0.542. The summed E-state index contributed by atoms with van der Waals surface area (Å²) < 4.78 is 5.33. The number of hydrogen-bond donors (Lipinski definition) is 2. The van der Waals surface area contributed by atoms with E-state index >= 15 is 0 Å². The van der Waals surface area contributed by atoms with Crippen molar-refractivity contribution >= 4 is 28.9 Å². The zero-order valence-electron chi connectivity index (χ0n) is 18.2. The molecule has 32 heavy (non-hydrogen) atoms. The second kappa shape index (κ2) is 10.5. The first-order valence-electron chi connectivity index (χ1n) is 11.4. The van der Waals surface area contributed by atoms with E-state index in [9.17, 15) is 14.4 Å². The lowest BCUT2D eigenvalue weighted by Crippen LogP contribution is -2.47. The quantitative estimate of drug-likeness (QED) is 0.589. The van der Waals surface area contributed by atoms with Crippen molar-refractivity contribution in [2.75, 3.05) is 49.6 Å². The Morgan fingerprint density at radius 2 is 1.72 bits per heavy atom. The highest BCUT2D eigenvalue weighted by Gasteiger charge is 2.29. The maximum absolute atomic E-state index is 12.5. The van der Waals surface area contributed by atoms with Crippen LogP contribution in [0.5, 0.6) is 0 Å². The number of ether oxygens (including phenoxy) is 1. The van der Waals surface area contributed by atoms with Crippen molar-refractivity contribution in [2.45, 2.75) is 32.1 Å². The first kappa shape index (κ1) is 22.8. The minimum absolute atomic E-state index is 0.0477. The molecule has 1 aliphatic carbocycles. The predicted molar refractivity (Wildman–Crippen MR) is 126 cm³/mol. The molecule has 1 saturated heterocycles. The van der Waals surface area contributed by atoms with E-state index in [2.05, 4.69) is 10.6 Å². The van der Waals surface area contributed by atoms with Gasteiger partial charge in [-0.2, -0.15) is 0 Å². The number of nitrogens with zero attached hydrogens (tertiary/aromatic N) is 1. The molecule has 2 fully saturated rings. The minimum Gasteiger partial charge on any atom is -0.380 e. The molecule has 0 radical (unpaired) electrons. The summed E-state index contributed by atoms with van der Waals surface area (Å²) in [6.45, 7) is 3.70. The molecule has 4 rings (SSSR count). The summed E-state index contributed by atoms with van der Waals surface area (Å²) in [5.41, 5.74) is 1.32. The van der Waals surface area contributed by atoms with Crippen LogP contribution in [-0.2, 0) is 16.0 Å². The summed E-state index contributed by atoms with van der Waals surface area (Å²) in [5.74, 6) is 0.573. The Morgan fingerprint density at radius 1 is 1.03 bits per heavy atom. The SMILES string of the molecule is O=C(NCCc1ccc(Cl)cc1)C1CCC(CNc2c(N3CCOCC3)c(=O)c2=O)CC1. The van der Waals surface area contributed by atoms with Crippen molar-refractivity contribution < 1.29 is 9.53 Å². The first-order valence-corrected chi connectivity index (χ1v) is 11.8.